The van der Waals surface area contributed by atoms with Gasteiger partial charge in [-0.05, 0) is 91.7 Å². The first kappa shape index (κ1) is 18.7. The Bertz CT molecular complexity index is 1020. The maximum absolute atomic E-state index is 13.5. The SMILES string of the molecule is COc1ccc2c(c1)CCC1C2CCC2(C)C(=O)C(=Cc3cn(C)nc3C)CC12. The van der Waals surface area contributed by atoms with Crippen molar-refractivity contribution >= 4 is 11.9 Å². The van der Waals surface area contributed by atoms with E-state index in [9.17, 15) is 4.79 Å². The van der Waals surface area contributed by atoms with E-state index in [1.54, 1.807) is 7.11 Å². The highest BCUT2D eigenvalue weighted by Crippen LogP contribution is 2.60. The Balaban J connectivity index is 1.48. The van der Waals surface area contributed by atoms with Crippen molar-refractivity contribution in [3.63, 3.8) is 0 Å². The summed E-state index contributed by atoms with van der Waals surface area (Å²) in [4.78, 5) is 13.5. The fraction of sp³-hybridized carbons (Fsp3) is 0.520. The monoisotopic (exact) mass is 390 g/mol. The van der Waals surface area contributed by atoms with Crippen molar-refractivity contribution in [3.05, 3.63) is 52.4 Å². The number of fused-ring (bicyclic) bond motifs is 5. The highest BCUT2D eigenvalue weighted by atomic mass is 16.5. The number of ether oxygens (including phenoxy) is 1. The van der Waals surface area contributed by atoms with E-state index in [1.807, 2.05) is 24.9 Å². The Morgan fingerprint density at radius 1 is 1.31 bits per heavy atom. The first-order valence-corrected chi connectivity index (χ1v) is 10.8. The van der Waals surface area contributed by atoms with Gasteiger partial charge in [-0.3, -0.25) is 9.48 Å². The molecule has 2 fully saturated rings. The third kappa shape index (κ3) is 2.79. The fourth-order valence-electron chi connectivity index (χ4n) is 6.43. The van der Waals surface area contributed by atoms with Crippen LogP contribution in [0.4, 0.5) is 0 Å². The first-order chi connectivity index (χ1) is 13.9. The van der Waals surface area contributed by atoms with Crippen molar-refractivity contribution in [2.75, 3.05) is 7.11 Å². The molecule has 0 spiro atoms. The van der Waals surface area contributed by atoms with Crippen molar-refractivity contribution in [3.8, 4) is 5.75 Å². The summed E-state index contributed by atoms with van der Waals surface area (Å²) in [6, 6.07) is 6.60. The molecule has 4 unspecified atom stereocenters. The average Bonchev–Trinajstić information content (AvgIpc) is 3.17. The van der Waals surface area contributed by atoms with Gasteiger partial charge in [0.15, 0.2) is 5.78 Å². The van der Waals surface area contributed by atoms with Crippen molar-refractivity contribution in [2.45, 2.75) is 51.9 Å². The lowest BCUT2D eigenvalue weighted by atomic mass is 9.55. The Labute approximate surface area is 173 Å². The second-order valence-corrected chi connectivity index (χ2v) is 9.48. The summed E-state index contributed by atoms with van der Waals surface area (Å²) in [7, 11) is 3.67. The largest absolute Gasteiger partial charge is 0.497 e. The van der Waals surface area contributed by atoms with Crippen LogP contribution in [-0.2, 0) is 18.3 Å². The summed E-state index contributed by atoms with van der Waals surface area (Å²) in [5.41, 5.74) is 5.82. The fourth-order valence-corrected chi connectivity index (χ4v) is 6.43. The first-order valence-electron chi connectivity index (χ1n) is 10.8. The quantitative estimate of drug-likeness (QED) is 0.688. The lowest BCUT2D eigenvalue weighted by Gasteiger charge is -2.48. The van der Waals surface area contributed by atoms with Crippen LogP contribution in [0.15, 0.2) is 30.0 Å². The summed E-state index contributed by atoms with van der Waals surface area (Å²) in [6.45, 7) is 4.25. The number of hydrogen-bond acceptors (Lipinski definition) is 3. The number of Topliss-reactive ketones (excluding diaryl/α,β-unsaturated/α-hetero) is 1. The van der Waals surface area contributed by atoms with Crippen LogP contribution in [0.2, 0.25) is 0 Å². The van der Waals surface area contributed by atoms with E-state index in [-0.39, 0.29) is 5.41 Å². The molecule has 152 valence electrons. The zero-order valence-electron chi connectivity index (χ0n) is 17.9. The maximum atomic E-state index is 13.5. The number of methoxy groups -OCH3 is 1. The average molecular weight is 391 g/mol. The van der Waals surface area contributed by atoms with Crippen LogP contribution in [0.5, 0.6) is 5.75 Å². The van der Waals surface area contributed by atoms with E-state index in [0.717, 1.165) is 48.3 Å². The van der Waals surface area contributed by atoms with Gasteiger partial charge in [0.1, 0.15) is 5.75 Å². The molecule has 0 saturated heterocycles. The number of ketones is 1. The van der Waals surface area contributed by atoms with E-state index in [1.165, 1.54) is 17.5 Å². The standard InChI is InChI=1S/C25H30N2O2/c1-15-18(14-27(3)26-15)11-17-13-23-22-7-5-16-12-19(29-4)6-8-20(16)21(22)9-10-25(23,2)24(17)28/h6,8,11-12,14,21-23H,5,7,9-10,13H2,1-4H3. The van der Waals surface area contributed by atoms with E-state index in [4.69, 9.17) is 4.74 Å². The number of nitrogens with zero attached hydrogens (tertiary/aromatic N) is 2. The number of benzene rings is 1. The van der Waals surface area contributed by atoms with Crippen molar-refractivity contribution in [2.24, 2.45) is 24.3 Å². The topological polar surface area (TPSA) is 44.1 Å². The van der Waals surface area contributed by atoms with Crippen LogP contribution in [-0.4, -0.2) is 22.7 Å². The molecule has 4 nitrogen and oxygen atoms in total. The summed E-state index contributed by atoms with van der Waals surface area (Å²) in [5, 5.41) is 4.44. The second-order valence-electron chi connectivity index (χ2n) is 9.48. The van der Waals surface area contributed by atoms with Crippen LogP contribution < -0.4 is 4.74 Å². The smallest absolute Gasteiger partial charge is 0.165 e. The van der Waals surface area contributed by atoms with Gasteiger partial charge in [-0.15, -0.1) is 0 Å². The van der Waals surface area contributed by atoms with Gasteiger partial charge in [0.25, 0.3) is 0 Å². The van der Waals surface area contributed by atoms with Gasteiger partial charge < -0.3 is 4.74 Å². The normalized spacial score (nSPS) is 32.1. The number of aromatic nitrogens is 2. The third-order valence-corrected chi connectivity index (χ3v) is 7.95. The van der Waals surface area contributed by atoms with Gasteiger partial charge in [-0.1, -0.05) is 13.0 Å². The molecule has 4 heteroatoms. The van der Waals surface area contributed by atoms with Gasteiger partial charge in [-0.25, -0.2) is 0 Å². The molecule has 3 aliphatic rings. The molecule has 2 saturated carbocycles. The van der Waals surface area contributed by atoms with Crippen LogP contribution in [0.1, 0.15) is 60.9 Å². The molecular formula is C25H30N2O2. The van der Waals surface area contributed by atoms with Gasteiger partial charge in [0.2, 0.25) is 0 Å². The summed E-state index contributed by atoms with van der Waals surface area (Å²) < 4.78 is 7.27. The number of carbonyl (C=O) groups excluding carboxylic acids is 1. The van der Waals surface area contributed by atoms with Gasteiger partial charge in [-0.2, -0.15) is 5.10 Å². The third-order valence-electron chi connectivity index (χ3n) is 7.95. The number of hydrogen-bond donors (Lipinski definition) is 0. The molecule has 1 aromatic heterocycles. The number of allylic oxidation sites excluding steroid dienone is 1. The van der Waals surface area contributed by atoms with Gasteiger partial charge >= 0.3 is 0 Å². The number of aryl methyl sites for hydroxylation is 3. The molecule has 4 atom stereocenters. The van der Waals surface area contributed by atoms with Gasteiger partial charge in [0, 0.05) is 24.2 Å². The Hall–Kier alpha value is -2.36. The minimum absolute atomic E-state index is 0.201. The molecule has 0 aliphatic heterocycles. The van der Waals surface area contributed by atoms with Crippen LogP contribution >= 0.6 is 0 Å². The summed E-state index contributed by atoms with van der Waals surface area (Å²) in [6.07, 6.45) is 9.43. The molecule has 29 heavy (non-hydrogen) atoms. The Morgan fingerprint density at radius 2 is 2.14 bits per heavy atom. The zero-order valence-corrected chi connectivity index (χ0v) is 17.9. The van der Waals surface area contributed by atoms with Crippen LogP contribution in [0.3, 0.4) is 0 Å². The minimum Gasteiger partial charge on any atom is -0.497 e. The highest BCUT2D eigenvalue weighted by Gasteiger charge is 2.56. The summed E-state index contributed by atoms with van der Waals surface area (Å²) >= 11 is 0. The van der Waals surface area contributed by atoms with Crippen molar-refractivity contribution < 1.29 is 9.53 Å². The Morgan fingerprint density at radius 3 is 2.86 bits per heavy atom. The Kier molecular flexibility index (Phi) is 4.23. The van der Waals surface area contributed by atoms with Gasteiger partial charge in [0.05, 0.1) is 12.8 Å². The molecule has 0 N–H and O–H groups in total. The second kappa shape index (κ2) is 6.58. The molecule has 3 aliphatic carbocycles. The van der Waals surface area contributed by atoms with Crippen molar-refractivity contribution in [1.29, 1.82) is 0 Å². The predicted molar refractivity (Wildman–Crippen MR) is 114 cm³/mol. The van der Waals surface area contributed by atoms with E-state index < -0.39 is 0 Å². The lowest BCUT2D eigenvalue weighted by Crippen LogP contribution is -2.42. The van der Waals surface area contributed by atoms with E-state index in [2.05, 4.69) is 36.3 Å². The molecule has 2 aromatic rings. The van der Waals surface area contributed by atoms with E-state index >= 15 is 0 Å². The number of rotatable bonds is 2. The summed E-state index contributed by atoms with van der Waals surface area (Å²) in [5.74, 6) is 2.96. The van der Waals surface area contributed by atoms with Crippen molar-refractivity contribution in [1.82, 2.24) is 9.78 Å². The minimum atomic E-state index is -0.201. The maximum Gasteiger partial charge on any atom is 0.165 e. The van der Waals surface area contributed by atoms with Crippen LogP contribution in [0, 0.1) is 24.2 Å². The predicted octanol–water partition coefficient (Wildman–Crippen LogP) is 4.86. The molecule has 5 rings (SSSR count). The van der Waals surface area contributed by atoms with Crippen LogP contribution in [0.25, 0.3) is 6.08 Å². The molecule has 0 radical (unpaired) electrons. The molecule has 1 aromatic carbocycles. The molecule has 1 heterocycles. The van der Waals surface area contributed by atoms with E-state index in [0.29, 0.717) is 23.5 Å². The zero-order chi connectivity index (χ0) is 20.3. The molecule has 0 amide bonds. The molecular weight excluding hydrogens is 360 g/mol. The molecule has 0 bridgehead atoms. The number of carbonyl (C=O) groups is 1. The highest BCUT2D eigenvalue weighted by molar-refractivity contribution is 6.06. The lowest BCUT2D eigenvalue weighted by molar-refractivity contribution is -0.127.